The van der Waals surface area contributed by atoms with Gasteiger partial charge in [0.05, 0.1) is 32.6 Å². The van der Waals surface area contributed by atoms with Gasteiger partial charge in [0, 0.05) is 82.9 Å². The Hall–Kier alpha value is -5.83. The zero-order valence-corrected chi connectivity index (χ0v) is 42.4. The number of ether oxygens (including phenoxy) is 1. The molecular weight excluding hydrogens is 946 g/mol. The highest BCUT2D eigenvalue weighted by atomic mass is 35.5. The summed E-state index contributed by atoms with van der Waals surface area (Å²) in [5, 5.41) is 6.81. The fourth-order valence-corrected chi connectivity index (χ4v) is 13.8. The van der Waals surface area contributed by atoms with Crippen LogP contribution in [0.3, 0.4) is 0 Å². The molecule has 0 aliphatic carbocycles. The maximum Gasteiger partial charge on any atom is 0.266 e. The van der Waals surface area contributed by atoms with E-state index < -0.39 is 11.5 Å². The van der Waals surface area contributed by atoms with Crippen molar-refractivity contribution in [1.82, 2.24) is 25.0 Å². The van der Waals surface area contributed by atoms with Crippen LogP contribution in [0.15, 0.2) is 91.0 Å². The van der Waals surface area contributed by atoms with E-state index in [4.69, 9.17) is 21.3 Å². The molecule has 0 saturated carbocycles. The zero-order chi connectivity index (χ0) is 49.3. The van der Waals surface area contributed by atoms with Gasteiger partial charge in [0.2, 0.25) is 23.6 Å². The van der Waals surface area contributed by atoms with Gasteiger partial charge in [-0.05, 0) is 136 Å². The smallest absolute Gasteiger partial charge is 0.266 e. The van der Waals surface area contributed by atoms with Gasteiger partial charge in [-0.3, -0.25) is 29.3 Å². The lowest BCUT2D eigenvalue weighted by Gasteiger charge is -2.45. The number of para-hydroxylation sites is 2. The minimum atomic E-state index is -1.19. The van der Waals surface area contributed by atoms with Gasteiger partial charge in [-0.2, -0.15) is 0 Å². The molecule has 376 valence electrons. The summed E-state index contributed by atoms with van der Waals surface area (Å²) in [5.74, 6) is 1.09. The summed E-state index contributed by atoms with van der Waals surface area (Å²) in [5.41, 5.74) is 4.11. The predicted octanol–water partition coefficient (Wildman–Crippen LogP) is 9.26. The standard InChI is InChI=1S/C57H64ClN7O6S/c58-46-8-5-10-48-52(46)72-54(60-48)44-7-2-4-11-49(44)71-57(24-32-64(33-25-57)55(69)45-35-51(67)59-47-9-3-1-6-43(45)47)56(70)65-30-20-38(21-31-65)34-37-18-26-62(27-19-37)36-39-22-28-63(29-23-39)41-14-12-40(13-15-41)42-16-17-50(66)61-53(42)68/h1-15,37-39,42,45H,16-36H2,(H,59,67)(H,61,66,68)/t42?,45-/m0/s1. The Bertz CT molecular complexity index is 2820. The third kappa shape index (κ3) is 10.2. The summed E-state index contributed by atoms with van der Waals surface area (Å²) in [6.07, 6.45) is 9.66. The van der Waals surface area contributed by atoms with Gasteiger partial charge < -0.3 is 29.7 Å². The second kappa shape index (κ2) is 21.0. The Labute approximate surface area is 430 Å². The van der Waals surface area contributed by atoms with Crippen LogP contribution in [0.4, 0.5) is 11.4 Å². The number of aromatic nitrogens is 1. The number of nitrogens with zero attached hydrogens (tertiary/aromatic N) is 5. The first-order valence-corrected chi connectivity index (χ1v) is 27.5. The Morgan fingerprint density at radius 1 is 0.708 bits per heavy atom. The van der Waals surface area contributed by atoms with Crippen molar-refractivity contribution < 1.29 is 28.7 Å². The number of fused-ring (bicyclic) bond motifs is 2. The number of likely N-dealkylation sites (tertiary alicyclic amines) is 3. The molecule has 1 aromatic heterocycles. The van der Waals surface area contributed by atoms with Crippen LogP contribution in [0.5, 0.6) is 5.75 Å². The van der Waals surface area contributed by atoms with E-state index in [1.807, 2.05) is 76.5 Å². The second-order valence-corrected chi connectivity index (χ2v) is 22.6. The number of halogens is 1. The molecule has 7 heterocycles. The molecule has 2 N–H and O–H groups in total. The molecule has 2 atom stereocenters. The molecule has 0 radical (unpaired) electrons. The number of amides is 5. The zero-order valence-electron chi connectivity index (χ0n) is 40.9. The second-order valence-electron chi connectivity index (χ2n) is 21.2. The molecule has 5 amide bonds. The average Bonchev–Trinajstić information content (AvgIpc) is 3.85. The van der Waals surface area contributed by atoms with Gasteiger partial charge in [-0.1, -0.05) is 60.1 Å². The molecule has 13 nitrogen and oxygen atoms in total. The summed E-state index contributed by atoms with van der Waals surface area (Å²) >= 11 is 8.10. The van der Waals surface area contributed by atoms with Gasteiger partial charge >= 0.3 is 0 Å². The van der Waals surface area contributed by atoms with Crippen molar-refractivity contribution >= 4 is 74.1 Å². The molecule has 6 aliphatic rings. The summed E-state index contributed by atoms with van der Waals surface area (Å²) in [4.78, 5) is 80.1. The third-order valence-corrected chi connectivity index (χ3v) is 18.2. The monoisotopic (exact) mass is 1010 g/mol. The lowest BCUT2D eigenvalue weighted by Crippen LogP contribution is -2.60. The van der Waals surface area contributed by atoms with Crippen molar-refractivity contribution in [3.8, 4) is 16.3 Å². The van der Waals surface area contributed by atoms with E-state index >= 15 is 4.79 Å². The van der Waals surface area contributed by atoms with E-state index in [1.165, 1.54) is 49.1 Å². The lowest BCUT2D eigenvalue weighted by atomic mass is 9.81. The van der Waals surface area contributed by atoms with Crippen LogP contribution in [0.25, 0.3) is 20.8 Å². The van der Waals surface area contributed by atoms with Crippen molar-refractivity contribution in [2.45, 2.75) is 94.5 Å². The quantitative estimate of drug-likeness (QED) is 0.124. The molecule has 0 bridgehead atoms. The topological polar surface area (TPSA) is 144 Å². The van der Waals surface area contributed by atoms with Crippen LogP contribution in [-0.2, 0) is 24.0 Å². The molecule has 5 fully saturated rings. The predicted molar refractivity (Wildman–Crippen MR) is 281 cm³/mol. The molecule has 6 aliphatic heterocycles. The van der Waals surface area contributed by atoms with Crippen LogP contribution in [0, 0.1) is 17.8 Å². The van der Waals surface area contributed by atoms with Crippen molar-refractivity contribution in [3.05, 3.63) is 107 Å². The first kappa shape index (κ1) is 48.4. The first-order chi connectivity index (χ1) is 35.1. The van der Waals surface area contributed by atoms with Gasteiger partial charge in [0.25, 0.3) is 5.91 Å². The summed E-state index contributed by atoms with van der Waals surface area (Å²) in [6.45, 7) is 7.58. The highest BCUT2D eigenvalue weighted by Gasteiger charge is 2.49. The summed E-state index contributed by atoms with van der Waals surface area (Å²) in [7, 11) is 0. The number of rotatable bonds is 11. The number of thiazole rings is 1. The number of carbonyl (C=O) groups is 5. The molecule has 72 heavy (non-hydrogen) atoms. The van der Waals surface area contributed by atoms with Crippen LogP contribution in [0.2, 0.25) is 5.02 Å². The Morgan fingerprint density at radius 3 is 2.14 bits per heavy atom. The van der Waals surface area contributed by atoms with Gasteiger partial charge in [-0.15, -0.1) is 11.3 Å². The highest BCUT2D eigenvalue weighted by Crippen LogP contribution is 2.43. The first-order valence-electron chi connectivity index (χ1n) is 26.3. The molecule has 15 heteroatoms. The van der Waals surface area contributed by atoms with E-state index in [1.54, 1.807) is 0 Å². The number of imide groups is 1. The Kier molecular flexibility index (Phi) is 14.1. The minimum Gasteiger partial charge on any atom is -0.477 e. The fourth-order valence-electron chi connectivity index (χ4n) is 12.5. The van der Waals surface area contributed by atoms with Crippen LogP contribution < -0.4 is 20.3 Å². The van der Waals surface area contributed by atoms with Crippen molar-refractivity contribution in [3.63, 3.8) is 0 Å². The molecule has 5 saturated heterocycles. The summed E-state index contributed by atoms with van der Waals surface area (Å²) in [6, 6.07) is 29.4. The van der Waals surface area contributed by atoms with E-state index in [0.717, 1.165) is 77.5 Å². The third-order valence-electron chi connectivity index (χ3n) is 16.7. The Morgan fingerprint density at radius 2 is 1.40 bits per heavy atom. The Balaban J connectivity index is 0.692. The lowest BCUT2D eigenvalue weighted by molar-refractivity contribution is -0.157. The van der Waals surface area contributed by atoms with E-state index in [0.29, 0.717) is 86.1 Å². The van der Waals surface area contributed by atoms with E-state index in [-0.39, 0.29) is 41.9 Å². The van der Waals surface area contributed by atoms with Crippen molar-refractivity contribution in [2.75, 3.05) is 69.1 Å². The van der Waals surface area contributed by atoms with Crippen LogP contribution >= 0.6 is 22.9 Å². The maximum absolute atomic E-state index is 15.2. The van der Waals surface area contributed by atoms with Gasteiger partial charge in [0.15, 0.2) is 5.60 Å². The van der Waals surface area contributed by atoms with Crippen LogP contribution in [0.1, 0.15) is 100 Å². The SMILES string of the molecule is O=C1CCC(c2ccc(N3CCC(CN4CCC(CC5CCN(C(=O)C6(Oc7ccccc7-c7nc8cccc(Cl)c8s7)CCN(C(=O)[C@H]7CC(=O)Nc8ccccc87)CC6)CC5)CC4)CC3)cc2)C(=O)N1. The number of nitrogens with one attached hydrogen (secondary N) is 2. The number of hydrogen-bond acceptors (Lipinski definition) is 10. The number of piperidine rings is 5. The van der Waals surface area contributed by atoms with Gasteiger partial charge in [0.1, 0.15) is 10.8 Å². The largest absolute Gasteiger partial charge is 0.477 e. The molecule has 1 unspecified atom stereocenters. The normalized spacial score (nSPS) is 22.6. The maximum atomic E-state index is 15.2. The minimum absolute atomic E-state index is 0.0144. The molecule has 5 aromatic rings. The highest BCUT2D eigenvalue weighted by molar-refractivity contribution is 7.22. The molecule has 4 aromatic carbocycles. The number of benzene rings is 4. The van der Waals surface area contributed by atoms with Crippen LogP contribution in [-0.4, -0.2) is 114 Å². The molecule has 0 spiro atoms. The van der Waals surface area contributed by atoms with E-state index in [9.17, 15) is 19.2 Å². The van der Waals surface area contributed by atoms with Crippen molar-refractivity contribution in [1.29, 1.82) is 0 Å². The van der Waals surface area contributed by atoms with Crippen molar-refractivity contribution in [2.24, 2.45) is 17.8 Å². The van der Waals surface area contributed by atoms with E-state index in [2.05, 4.69) is 44.7 Å². The van der Waals surface area contributed by atoms with Gasteiger partial charge in [-0.25, -0.2) is 4.98 Å². The molecular formula is C57H64ClN7O6S. The molecule has 11 rings (SSSR count). The summed E-state index contributed by atoms with van der Waals surface area (Å²) < 4.78 is 8.00. The fraction of sp³-hybridized carbons (Fsp3) is 0.474. The number of hydrogen-bond donors (Lipinski definition) is 2. The average molecular weight is 1010 g/mol. The number of carbonyl (C=O) groups excluding carboxylic acids is 5. The number of anilines is 2.